The Hall–Kier alpha value is -0.860. The van der Waals surface area contributed by atoms with Crippen molar-refractivity contribution < 1.29 is 4.79 Å². The van der Waals surface area contributed by atoms with E-state index in [4.69, 9.17) is 0 Å². The number of hydrogen-bond donors (Lipinski definition) is 1. The third-order valence-corrected chi connectivity index (χ3v) is 1.17. The molecule has 1 aliphatic rings. The van der Waals surface area contributed by atoms with Crippen molar-refractivity contribution >= 4 is 12.0 Å². The number of ketones is 1. The average molecular weight is 112 g/mol. The molecule has 0 saturated carbocycles. The highest BCUT2D eigenvalue weighted by Crippen LogP contribution is 1.95. The van der Waals surface area contributed by atoms with Gasteiger partial charge in [0.25, 0.3) is 0 Å². The van der Waals surface area contributed by atoms with Crippen molar-refractivity contribution in [2.24, 2.45) is 5.10 Å². The predicted molar refractivity (Wildman–Crippen MR) is 30.7 cm³/mol. The minimum Gasteiger partial charge on any atom is -0.299 e. The van der Waals surface area contributed by atoms with E-state index in [1.165, 1.54) is 6.21 Å². The molecule has 1 heterocycles. The van der Waals surface area contributed by atoms with Gasteiger partial charge in [-0.1, -0.05) is 6.92 Å². The Morgan fingerprint density at radius 3 is 3.00 bits per heavy atom. The summed E-state index contributed by atoms with van der Waals surface area (Å²) in [5.41, 5.74) is 2.68. The predicted octanol–water partition coefficient (Wildman–Crippen LogP) is -0.0769. The standard InChI is InChI=1S/C5H8N2O/c1-2-4-5(8)3-6-7-4/h3-4,7H,2H2,1H3. The summed E-state index contributed by atoms with van der Waals surface area (Å²) in [7, 11) is 0. The van der Waals surface area contributed by atoms with Crippen molar-refractivity contribution in [3.63, 3.8) is 0 Å². The SMILES string of the molecule is CCC1NN=CC1=O. The Labute approximate surface area is 47.8 Å². The first-order valence-corrected chi connectivity index (χ1v) is 2.67. The summed E-state index contributed by atoms with van der Waals surface area (Å²) < 4.78 is 0. The van der Waals surface area contributed by atoms with Crippen molar-refractivity contribution in [3.05, 3.63) is 0 Å². The summed E-state index contributed by atoms with van der Waals surface area (Å²) in [6.45, 7) is 1.95. The van der Waals surface area contributed by atoms with Gasteiger partial charge in [-0.3, -0.25) is 10.2 Å². The van der Waals surface area contributed by atoms with Crippen LogP contribution in [-0.2, 0) is 4.79 Å². The van der Waals surface area contributed by atoms with Crippen LogP contribution in [0.2, 0.25) is 0 Å². The van der Waals surface area contributed by atoms with Crippen LogP contribution >= 0.6 is 0 Å². The lowest BCUT2D eigenvalue weighted by molar-refractivity contribution is -0.113. The minimum atomic E-state index is -0.0463. The second kappa shape index (κ2) is 1.94. The molecule has 1 unspecified atom stereocenters. The van der Waals surface area contributed by atoms with Crippen molar-refractivity contribution in [3.8, 4) is 0 Å². The molecule has 0 aliphatic carbocycles. The van der Waals surface area contributed by atoms with E-state index in [-0.39, 0.29) is 11.8 Å². The smallest absolute Gasteiger partial charge is 0.199 e. The van der Waals surface area contributed by atoms with E-state index in [0.29, 0.717) is 0 Å². The van der Waals surface area contributed by atoms with Crippen LogP contribution < -0.4 is 5.43 Å². The van der Waals surface area contributed by atoms with Crippen LogP contribution in [0, 0.1) is 0 Å². The Morgan fingerprint density at radius 1 is 2.00 bits per heavy atom. The lowest BCUT2D eigenvalue weighted by atomic mass is 10.2. The summed E-state index contributed by atoms with van der Waals surface area (Å²) in [4.78, 5) is 10.6. The molecule has 0 aromatic heterocycles. The molecule has 0 aromatic carbocycles. The first-order valence-electron chi connectivity index (χ1n) is 2.67. The number of carbonyl (C=O) groups is 1. The van der Waals surface area contributed by atoms with E-state index < -0.39 is 0 Å². The zero-order valence-electron chi connectivity index (χ0n) is 4.72. The number of hydrazone groups is 1. The third-order valence-electron chi connectivity index (χ3n) is 1.17. The van der Waals surface area contributed by atoms with Gasteiger partial charge in [0.15, 0.2) is 5.78 Å². The molecule has 44 valence electrons. The molecule has 1 N–H and O–H groups in total. The zero-order chi connectivity index (χ0) is 5.98. The van der Waals surface area contributed by atoms with Crippen LogP contribution in [-0.4, -0.2) is 18.0 Å². The molecule has 8 heavy (non-hydrogen) atoms. The zero-order valence-corrected chi connectivity index (χ0v) is 4.72. The van der Waals surface area contributed by atoms with Gasteiger partial charge in [-0.15, -0.1) is 0 Å². The van der Waals surface area contributed by atoms with Crippen molar-refractivity contribution in [2.45, 2.75) is 19.4 Å². The molecule has 1 aliphatic heterocycles. The summed E-state index contributed by atoms with van der Waals surface area (Å²) in [5.74, 6) is 0.0903. The van der Waals surface area contributed by atoms with Gasteiger partial charge in [0, 0.05) is 0 Å². The highest BCUT2D eigenvalue weighted by molar-refractivity contribution is 6.31. The number of rotatable bonds is 1. The van der Waals surface area contributed by atoms with Gasteiger partial charge in [0.1, 0.15) is 6.04 Å². The quantitative estimate of drug-likeness (QED) is 0.515. The second-order valence-electron chi connectivity index (χ2n) is 1.75. The first-order chi connectivity index (χ1) is 3.84. The lowest BCUT2D eigenvalue weighted by Crippen LogP contribution is -2.25. The number of nitrogens with one attached hydrogen (secondary N) is 1. The van der Waals surface area contributed by atoms with E-state index in [1.807, 2.05) is 6.92 Å². The van der Waals surface area contributed by atoms with E-state index in [9.17, 15) is 4.79 Å². The second-order valence-corrected chi connectivity index (χ2v) is 1.75. The van der Waals surface area contributed by atoms with Crippen LogP contribution in [0.3, 0.4) is 0 Å². The van der Waals surface area contributed by atoms with Gasteiger partial charge in [-0.05, 0) is 6.42 Å². The van der Waals surface area contributed by atoms with Gasteiger partial charge in [0.2, 0.25) is 0 Å². The molecule has 3 nitrogen and oxygen atoms in total. The molecular weight excluding hydrogens is 104 g/mol. The summed E-state index contributed by atoms with van der Waals surface area (Å²) in [6, 6.07) is -0.0463. The monoisotopic (exact) mass is 112 g/mol. The molecular formula is C5H8N2O. The normalized spacial score (nSPS) is 26.1. The number of carbonyl (C=O) groups excluding carboxylic acids is 1. The van der Waals surface area contributed by atoms with E-state index in [0.717, 1.165) is 6.42 Å². The molecule has 0 radical (unpaired) electrons. The van der Waals surface area contributed by atoms with Crippen molar-refractivity contribution in [1.29, 1.82) is 0 Å². The largest absolute Gasteiger partial charge is 0.299 e. The Kier molecular flexibility index (Phi) is 1.28. The molecule has 1 atom stereocenters. The maximum Gasteiger partial charge on any atom is 0.199 e. The Balaban J connectivity index is 2.51. The van der Waals surface area contributed by atoms with Crippen LogP contribution in [0.4, 0.5) is 0 Å². The van der Waals surface area contributed by atoms with Crippen LogP contribution in [0.15, 0.2) is 5.10 Å². The fourth-order valence-electron chi connectivity index (χ4n) is 0.637. The van der Waals surface area contributed by atoms with Gasteiger partial charge in [-0.25, -0.2) is 0 Å². The van der Waals surface area contributed by atoms with E-state index >= 15 is 0 Å². The molecule has 0 bridgehead atoms. The van der Waals surface area contributed by atoms with Crippen molar-refractivity contribution in [1.82, 2.24) is 5.43 Å². The van der Waals surface area contributed by atoms with Crippen LogP contribution in [0.1, 0.15) is 13.3 Å². The Bertz CT molecular complexity index is 130. The average Bonchev–Trinajstić information content (AvgIpc) is 2.14. The number of Topliss-reactive ketones (excluding diaryl/α,β-unsaturated/α-hetero) is 1. The summed E-state index contributed by atoms with van der Waals surface area (Å²) in [6.07, 6.45) is 2.15. The number of hydrogen-bond acceptors (Lipinski definition) is 3. The van der Waals surface area contributed by atoms with Gasteiger partial charge < -0.3 is 0 Å². The highest BCUT2D eigenvalue weighted by Gasteiger charge is 2.16. The fraction of sp³-hybridized carbons (Fsp3) is 0.600. The molecule has 1 rings (SSSR count). The molecule has 0 spiro atoms. The number of nitrogens with zero attached hydrogens (tertiary/aromatic N) is 1. The lowest BCUT2D eigenvalue weighted by Gasteiger charge is -2.00. The third kappa shape index (κ3) is 0.710. The minimum absolute atomic E-state index is 0.0463. The Morgan fingerprint density at radius 2 is 2.75 bits per heavy atom. The maximum absolute atomic E-state index is 10.6. The molecule has 0 fully saturated rings. The molecule has 0 saturated heterocycles. The highest BCUT2D eigenvalue weighted by atomic mass is 16.1. The fourth-order valence-corrected chi connectivity index (χ4v) is 0.637. The van der Waals surface area contributed by atoms with Crippen molar-refractivity contribution in [2.75, 3.05) is 0 Å². The van der Waals surface area contributed by atoms with Gasteiger partial charge in [-0.2, -0.15) is 5.10 Å². The van der Waals surface area contributed by atoms with Crippen LogP contribution in [0.25, 0.3) is 0 Å². The molecule has 3 heteroatoms. The first kappa shape index (κ1) is 5.28. The van der Waals surface area contributed by atoms with Gasteiger partial charge >= 0.3 is 0 Å². The molecule has 0 aromatic rings. The van der Waals surface area contributed by atoms with Crippen LogP contribution in [0.5, 0.6) is 0 Å². The molecule has 0 amide bonds. The maximum atomic E-state index is 10.6. The van der Waals surface area contributed by atoms with Gasteiger partial charge in [0.05, 0.1) is 6.21 Å². The van der Waals surface area contributed by atoms with E-state index in [2.05, 4.69) is 10.5 Å². The summed E-state index contributed by atoms with van der Waals surface area (Å²) >= 11 is 0. The topological polar surface area (TPSA) is 41.5 Å². The van der Waals surface area contributed by atoms with E-state index in [1.54, 1.807) is 0 Å². The summed E-state index contributed by atoms with van der Waals surface area (Å²) in [5, 5.41) is 3.59.